The van der Waals surface area contributed by atoms with Crippen LogP contribution in [0.4, 0.5) is 0 Å². The number of hydrogen-bond acceptors (Lipinski definition) is 5. The van der Waals surface area contributed by atoms with Gasteiger partial charge < -0.3 is 14.8 Å². The molecule has 8 heteroatoms. The van der Waals surface area contributed by atoms with Crippen molar-refractivity contribution in [1.29, 1.82) is 0 Å². The molecule has 1 atom stereocenters. The highest BCUT2D eigenvalue weighted by atomic mass is 32.2. The van der Waals surface area contributed by atoms with E-state index in [-0.39, 0.29) is 0 Å². The summed E-state index contributed by atoms with van der Waals surface area (Å²) in [7, 11) is 1.99. The Labute approximate surface area is 164 Å². The molecule has 0 amide bonds. The van der Waals surface area contributed by atoms with Gasteiger partial charge in [0.15, 0.2) is 11.8 Å². The van der Waals surface area contributed by atoms with Gasteiger partial charge in [-0.2, -0.15) is 11.8 Å². The van der Waals surface area contributed by atoms with E-state index in [4.69, 9.17) is 4.99 Å². The Morgan fingerprint density at radius 1 is 1.42 bits per heavy atom. The second-order valence-corrected chi connectivity index (χ2v) is 8.91. The van der Waals surface area contributed by atoms with Crippen molar-refractivity contribution in [2.75, 3.05) is 25.4 Å². The third-order valence-electron chi connectivity index (χ3n) is 4.68. The van der Waals surface area contributed by atoms with Crippen molar-refractivity contribution in [2.24, 2.45) is 12.0 Å². The van der Waals surface area contributed by atoms with Crippen molar-refractivity contribution in [3.63, 3.8) is 0 Å². The van der Waals surface area contributed by atoms with Crippen LogP contribution in [0.15, 0.2) is 22.5 Å². The van der Waals surface area contributed by atoms with E-state index in [0.717, 1.165) is 49.4 Å². The van der Waals surface area contributed by atoms with Crippen LogP contribution in [-0.2, 0) is 20.0 Å². The molecule has 0 radical (unpaired) electrons. The minimum atomic E-state index is 0.555. The van der Waals surface area contributed by atoms with Crippen LogP contribution in [0.2, 0.25) is 0 Å². The summed E-state index contributed by atoms with van der Waals surface area (Å²) in [6, 6.07) is 4.30. The molecule has 1 fully saturated rings. The summed E-state index contributed by atoms with van der Waals surface area (Å²) in [6.07, 6.45) is 2.23. The van der Waals surface area contributed by atoms with E-state index in [2.05, 4.69) is 56.6 Å². The van der Waals surface area contributed by atoms with E-state index in [0.29, 0.717) is 11.8 Å². The number of guanidine groups is 1. The van der Waals surface area contributed by atoms with Crippen LogP contribution in [0.1, 0.15) is 29.9 Å². The second kappa shape index (κ2) is 9.41. The lowest BCUT2D eigenvalue weighted by Gasteiger charge is -2.34. The molecule has 0 aliphatic carbocycles. The molecule has 26 heavy (non-hydrogen) atoms. The maximum atomic E-state index is 4.88. The Bertz CT molecular complexity index is 709. The first-order chi connectivity index (χ1) is 12.7. The number of nitrogens with zero attached hydrogens (tertiary/aromatic N) is 5. The number of aliphatic imine (C=N–C) groups is 1. The van der Waals surface area contributed by atoms with Gasteiger partial charge in [0.2, 0.25) is 0 Å². The SMILES string of the molecule is CCC1CN(C(=NCc2nnc(C)n2C)NCCc2cccs2)CCS1. The minimum absolute atomic E-state index is 0.555. The van der Waals surface area contributed by atoms with E-state index in [1.807, 2.05) is 29.9 Å². The van der Waals surface area contributed by atoms with E-state index in [1.165, 1.54) is 11.3 Å². The van der Waals surface area contributed by atoms with Crippen LogP contribution in [0.5, 0.6) is 0 Å². The number of rotatable bonds is 6. The molecule has 3 heterocycles. The molecule has 0 aromatic carbocycles. The van der Waals surface area contributed by atoms with Gasteiger partial charge in [-0.3, -0.25) is 0 Å². The van der Waals surface area contributed by atoms with E-state index >= 15 is 0 Å². The molecular formula is C18H28N6S2. The molecule has 1 saturated heterocycles. The van der Waals surface area contributed by atoms with Gasteiger partial charge in [0.25, 0.3) is 0 Å². The number of aromatic nitrogens is 3. The molecule has 0 saturated carbocycles. The Balaban J connectivity index is 1.67. The highest BCUT2D eigenvalue weighted by Gasteiger charge is 2.21. The first-order valence-corrected chi connectivity index (χ1v) is 11.1. The number of thioether (sulfide) groups is 1. The van der Waals surface area contributed by atoms with Crippen molar-refractivity contribution < 1.29 is 0 Å². The van der Waals surface area contributed by atoms with E-state index < -0.39 is 0 Å². The summed E-state index contributed by atoms with van der Waals surface area (Å²) in [5.41, 5.74) is 0. The molecule has 3 rings (SSSR count). The topological polar surface area (TPSA) is 58.3 Å². The Hall–Kier alpha value is -1.54. The minimum Gasteiger partial charge on any atom is -0.356 e. The normalized spacial score (nSPS) is 18.3. The average molecular weight is 393 g/mol. The fourth-order valence-electron chi connectivity index (χ4n) is 2.91. The van der Waals surface area contributed by atoms with Gasteiger partial charge in [-0.15, -0.1) is 21.5 Å². The molecule has 1 aliphatic heterocycles. The number of thiophene rings is 1. The lowest BCUT2D eigenvalue weighted by Crippen LogP contribution is -2.48. The molecule has 0 bridgehead atoms. The van der Waals surface area contributed by atoms with Crippen molar-refractivity contribution in [3.8, 4) is 0 Å². The van der Waals surface area contributed by atoms with Crippen molar-refractivity contribution in [2.45, 2.75) is 38.5 Å². The van der Waals surface area contributed by atoms with Gasteiger partial charge in [0.1, 0.15) is 12.4 Å². The molecule has 0 spiro atoms. The molecule has 2 aromatic heterocycles. The molecular weight excluding hydrogens is 364 g/mol. The highest BCUT2D eigenvalue weighted by molar-refractivity contribution is 8.00. The van der Waals surface area contributed by atoms with Crippen LogP contribution in [0.25, 0.3) is 0 Å². The zero-order valence-corrected chi connectivity index (χ0v) is 17.4. The van der Waals surface area contributed by atoms with Gasteiger partial charge >= 0.3 is 0 Å². The Morgan fingerprint density at radius 3 is 3.00 bits per heavy atom. The van der Waals surface area contributed by atoms with Gasteiger partial charge in [0, 0.05) is 42.6 Å². The number of nitrogens with one attached hydrogen (secondary N) is 1. The zero-order valence-electron chi connectivity index (χ0n) is 15.8. The fourth-order valence-corrected chi connectivity index (χ4v) is 4.80. The summed E-state index contributed by atoms with van der Waals surface area (Å²) in [5, 5.41) is 14.8. The number of aryl methyl sites for hydroxylation is 1. The second-order valence-electron chi connectivity index (χ2n) is 6.47. The van der Waals surface area contributed by atoms with Gasteiger partial charge in [-0.05, 0) is 31.2 Å². The van der Waals surface area contributed by atoms with Crippen LogP contribution < -0.4 is 5.32 Å². The van der Waals surface area contributed by atoms with Crippen LogP contribution >= 0.6 is 23.1 Å². The summed E-state index contributed by atoms with van der Waals surface area (Å²) >= 11 is 3.89. The summed E-state index contributed by atoms with van der Waals surface area (Å²) in [4.78, 5) is 8.69. The fraction of sp³-hybridized carbons (Fsp3) is 0.611. The lowest BCUT2D eigenvalue weighted by molar-refractivity contribution is 0.407. The van der Waals surface area contributed by atoms with E-state index in [1.54, 1.807) is 0 Å². The summed E-state index contributed by atoms with van der Waals surface area (Å²) < 4.78 is 2.01. The maximum absolute atomic E-state index is 4.88. The van der Waals surface area contributed by atoms with Crippen molar-refractivity contribution >= 4 is 29.1 Å². The zero-order chi connectivity index (χ0) is 18.4. The largest absolute Gasteiger partial charge is 0.356 e. The Kier molecular flexibility index (Phi) is 6.96. The van der Waals surface area contributed by atoms with Crippen molar-refractivity contribution in [3.05, 3.63) is 34.0 Å². The lowest BCUT2D eigenvalue weighted by atomic mass is 10.3. The number of hydrogen-bond donors (Lipinski definition) is 1. The first kappa shape index (κ1) is 19.2. The summed E-state index contributed by atoms with van der Waals surface area (Å²) in [5.74, 6) is 3.98. The summed E-state index contributed by atoms with van der Waals surface area (Å²) in [6.45, 7) is 7.79. The quantitative estimate of drug-likeness (QED) is 0.605. The van der Waals surface area contributed by atoms with Gasteiger partial charge in [0.05, 0.1) is 0 Å². The molecule has 6 nitrogen and oxygen atoms in total. The van der Waals surface area contributed by atoms with Gasteiger partial charge in [-0.1, -0.05) is 13.0 Å². The van der Waals surface area contributed by atoms with Crippen LogP contribution in [0.3, 0.4) is 0 Å². The third kappa shape index (κ3) is 5.01. The van der Waals surface area contributed by atoms with Crippen LogP contribution in [-0.4, -0.2) is 56.3 Å². The third-order valence-corrected chi connectivity index (χ3v) is 6.99. The smallest absolute Gasteiger partial charge is 0.194 e. The monoisotopic (exact) mass is 392 g/mol. The molecule has 1 unspecified atom stereocenters. The standard InChI is InChI=1S/C18H28N6S2/c1-4-15-13-24(9-11-26-15)18(19-8-7-16-6-5-10-25-16)20-12-17-22-21-14(2)23(17)3/h5-6,10,15H,4,7-9,11-13H2,1-3H3,(H,19,20). The van der Waals surface area contributed by atoms with Crippen LogP contribution in [0, 0.1) is 6.92 Å². The predicted octanol–water partition coefficient (Wildman–Crippen LogP) is 2.70. The Morgan fingerprint density at radius 2 is 2.31 bits per heavy atom. The van der Waals surface area contributed by atoms with Gasteiger partial charge in [-0.25, -0.2) is 4.99 Å². The molecule has 1 aliphatic rings. The average Bonchev–Trinajstić information content (AvgIpc) is 3.29. The molecule has 2 aromatic rings. The molecule has 1 N–H and O–H groups in total. The predicted molar refractivity (Wildman–Crippen MR) is 111 cm³/mol. The molecule has 142 valence electrons. The van der Waals surface area contributed by atoms with E-state index in [9.17, 15) is 0 Å². The van der Waals surface area contributed by atoms with Crippen molar-refractivity contribution in [1.82, 2.24) is 25.0 Å². The first-order valence-electron chi connectivity index (χ1n) is 9.19. The highest BCUT2D eigenvalue weighted by Crippen LogP contribution is 2.21. The maximum Gasteiger partial charge on any atom is 0.194 e.